The van der Waals surface area contributed by atoms with E-state index in [9.17, 15) is 47.9 Å². The van der Waals surface area contributed by atoms with Crippen LogP contribution >= 0.6 is 0 Å². The smallest absolute Gasteiger partial charge is 0.254 e. The standard InChI is InChI=1S/C52H84N12O11/c1-12-13-14-15-16-17-19-35(59-45(70)38-20-18-26-64(38)46(71)34-21-22-39-36(29-34)57-32-75-39)43(68)55-31-42(67)60-50(4,5)48(73)56-30-41(66)58-37(28-33(2)3)44(69)61-52(8,9)49(74)62-51(6,7)47(72)54-24-23-40(65)53-25-27-63(10)11/h21-22,29,32-33,35,37-38H,12-20,23-28,30-31H2,1-11H3,(H,53,65)(H,54,72)(H,55,68)(H,56,73)(H,58,66)(H,59,70)(H,60,67)(H,61,69)(H,62,74). The minimum atomic E-state index is -1.58. The number of likely N-dealkylation sites (N-methyl/N-ethyl adjacent to an activating group) is 1. The van der Waals surface area contributed by atoms with Gasteiger partial charge in [-0.2, -0.15) is 0 Å². The first-order valence-corrected chi connectivity index (χ1v) is 26.1. The Morgan fingerprint density at radius 2 is 1.35 bits per heavy atom. The van der Waals surface area contributed by atoms with Gasteiger partial charge in [0.25, 0.3) is 5.91 Å². The largest absolute Gasteiger partial charge is 0.443 e. The van der Waals surface area contributed by atoms with Gasteiger partial charge in [-0.25, -0.2) is 4.98 Å². The van der Waals surface area contributed by atoms with Crippen LogP contribution in [0, 0.1) is 5.92 Å². The minimum absolute atomic E-state index is 0.0386. The fourth-order valence-electron chi connectivity index (χ4n) is 8.14. The van der Waals surface area contributed by atoms with E-state index in [0.717, 1.165) is 32.1 Å². The molecule has 1 aliphatic rings. The number of hydrogen-bond acceptors (Lipinski definition) is 13. The van der Waals surface area contributed by atoms with Crippen LogP contribution in [0.5, 0.6) is 0 Å². The Morgan fingerprint density at radius 3 is 2.03 bits per heavy atom. The van der Waals surface area contributed by atoms with Crippen molar-refractivity contribution in [3.8, 4) is 0 Å². The van der Waals surface area contributed by atoms with Gasteiger partial charge >= 0.3 is 0 Å². The van der Waals surface area contributed by atoms with Crippen LogP contribution in [-0.4, -0.2) is 162 Å². The van der Waals surface area contributed by atoms with Crippen molar-refractivity contribution in [2.75, 3.05) is 53.4 Å². The summed E-state index contributed by atoms with van der Waals surface area (Å²) in [6.45, 7) is 14.8. The molecular formula is C52H84N12O11. The monoisotopic (exact) mass is 1050 g/mol. The summed E-state index contributed by atoms with van der Waals surface area (Å²) >= 11 is 0. The normalized spacial score (nSPS) is 14.6. The number of carbonyl (C=O) groups is 10. The average molecular weight is 1050 g/mol. The third-order valence-corrected chi connectivity index (χ3v) is 12.6. The molecule has 1 saturated heterocycles. The van der Waals surface area contributed by atoms with E-state index in [1.54, 1.807) is 18.2 Å². The van der Waals surface area contributed by atoms with Crippen molar-refractivity contribution in [1.82, 2.24) is 62.6 Å². The first-order chi connectivity index (χ1) is 35.2. The molecule has 2 aromatic rings. The molecule has 10 amide bonds. The van der Waals surface area contributed by atoms with E-state index >= 15 is 0 Å². The Labute approximate surface area is 441 Å². The average Bonchev–Trinajstić information content (AvgIpc) is 4.02. The second-order valence-electron chi connectivity index (χ2n) is 21.5. The Bertz CT molecular complexity index is 2310. The van der Waals surface area contributed by atoms with E-state index < -0.39 is 95.1 Å². The van der Waals surface area contributed by atoms with Crippen LogP contribution in [0.4, 0.5) is 0 Å². The van der Waals surface area contributed by atoms with Crippen molar-refractivity contribution in [1.29, 1.82) is 0 Å². The van der Waals surface area contributed by atoms with Crippen molar-refractivity contribution in [3.05, 3.63) is 30.2 Å². The Kier molecular flexibility index (Phi) is 24.6. The summed E-state index contributed by atoms with van der Waals surface area (Å²) < 4.78 is 5.29. The molecule has 1 aliphatic heterocycles. The number of oxazole rings is 1. The lowest BCUT2D eigenvalue weighted by atomic mass is 9.97. The van der Waals surface area contributed by atoms with Crippen LogP contribution < -0.4 is 47.9 Å². The lowest BCUT2D eigenvalue weighted by Gasteiger charge is -2.33. The molecule has 75 heavy (non-hydrogen) atoms. The van der Waals surface area contributed by atoms with Crippen LogP contribution in [-0.2, 0) is 43.2 Å². The number of amides is 10. The molecule has 1 fully saturated rings. The number of nitrogens with zero attached hydrogens (tertiary/aromatic N) is 3. The molecule has 1 aromatic carbocycles. The fraction of sp³-hybridized carbons (Fsp3) is 0.673. The summed E-state index contributed by atoms with van der Waals surface area (Å²) in [6, 6.07) is 1.89. The first-order valence-electron chi connectivity index (χ1n) is 26.1. The molecule has 3 rings (SSSR count). The maximum atomic E-state index is 13.8. The molecule has 3 atom stereocenters. The number of rotatable bonds is 31. The van der Waals surface area contributed by atoms with Gasteiger partial charge in [-0.3, -0.25) is 47.9 Å². The van der Waals surface area contributed by atoms with Crippen molar-refractivity contribution in [2.45, 2.75) is 168 Å². The number of nitrogens with one attached hydrogen (secondary N) is 9. The van der Waals surface area contributed by atoms with E-state index in [1.807, 2.05) is 32.8 Å². The molecule has 418 valence electrons. The molecule has 23 nitrogen and oxygen atoms in total. The second-order valence-corrected chi connectivity index (χ2v) is 21.5. The predicted octanol–water partition coefficient (Wildman–Crippen LogP) is 1.30. The Morgan fingerprint density at radius 1 is 0.707 bits per heavy atom. The van der Waals surface area contributed by atoms with Crippen molar-refractivity contribution in [3.63, 3.8) is 0 Å². The summed E-state index contributed by atoms with van der Waals surface area (Å²) in [5.41, 5.74) is -3.19. The maximum Gasteiger partial charge on any atom is 0.254 e. The molecular weight excluding hydrogens is 969 g/mol. The van der Waals surface area contributed by atoms with Gasteiger partial charge in [-0.1, -0.05) is 59.3 Å². The highest BCUT2D eigenvalue weighted by molar-refractivity contribution is 6.01. The number of likely N-dealkylation sites (tertiary alicyclic amines) is 1. The lowest BCUT2D eigenvalue weighted by Crippen LogP contribution is -2.64. The van der Waals surface area contributed by atoms with Gasteiger partial charge in [0.15, 0.2) is 12.0 Å². The molecule has 2 heterocycles. The third-order valence-electron chi connectivity index (χ3n) is 12.6. The van der Waals surface area contributed by atoms with E-state index in [0.29, 0.717) is 55.6 Å². The number of hydrogen-bond donors (Lipinski definition) is 9. The zero-order valence-corrected chi connectivity index (χ0v) is 46.0. The first kappa shape index (κ1) is 62.6. The topological polar surface area (TPSA) is 311 Å². The summed E-state index contributed by atoms with van der Waals surface area (Å²) in [5.74, 6) is -5.92. The van der Waals surface area contributed by atoms with Gasteiger partial charge in [-0.05, 0) is 105 Å². The molecule has 0 spiro atoms. The van der Waals surface area contributed by atoms with Crippen LogP contribution in [0.1, 0.15) is 143 Å². The van der Waals surface area contributed by atoms with Crippen molar-refractivity contribution < 1.29 is 52.4 Å². The summed E-state index contributed by atoms with van der Waals surface area (Å²) in [7, 11) is 3.76. The van der Waals surface area contributed by atoms with E-state index in [-0.39, 0.29) is 43.5 Å². The molecule has 0 aliphatic carbocycles. The van der Waals surface area contributed by atoms with E-state index in [4.69, 9.17) is 4.42 Å². The molecule has 3 unspecified atom stereocenters. The highest BCUT2D eigenvalue weighted by Crippen LogP contribution is 2.23. The minimum Gasteiger partial charge on any atom is -0.443 e. The van der Waals surface area contributed by atoms with Gasteiger partial charge in [-0.15, -0.1) is 0 Å². The summed E-state index contributed by atoms with van der Waals surface area (Å²) in [5, 5.41) is 23.8. The Hall–Kier alpha value is -6.65. The summed E-state index contributed by atoms with van der Waals surface area (Å²) in [4.78, 5) is 141. The molecule has 0 saturated carbocycles. The zero-order chi connectivity index (χ0) is 56.1. The number of unbranched alkanes of at least 4 members (excludes halogenated alkanes) is 5. The van der Waals surface area contributed by atoms with Gasteiger partial charge < -0.3 is 62.1 Å². The number of aromatic nitrogens is 1. The fourth-order valence-corrected chi connectivity index (χ4v) is 8.14. The van der Waals surface area contributed by atoms with Gasteiger partial charge in [0.1, 0.15) is 40.3 Å². The van der Waals surface area contributed by atoms with Crippen molar-refractivity contribution >= 4 is 70.2 Å². The molecule has 9 N–H and O–H groups in total. The number of fused-ring (bicyclic) bond motifs is 1. The van der Waals surface area contributed by atoms with Gasteiger partial charge in [0.2, 0.25) is 53.2 Å². The van der Waals surface area contributed by atoms with Gasteiger partial charge in [0.05, 0.1) is 13.1 Å². The summed E-state index contributed by atoms with van der Waals surface area (Å²) in [6.07, 6.45) is 8.36. The third kappa shape index (κ3) is 20.9. The van der Waals surface area contributed by atoms with Crippen LogP contribution in [0.25, 0.3) is 11.1 Å². The maximum absolute atomic E-state index is 13.8. The Balaban J connectivity index is 1.54. The quantitative estimate of drug-likeness (QED) is 0.0482. The predicted molar refractivity (Wildman–Crippen MR) is 281 cm³/mol. The van der Waals surface area contributed by atoms with Crippen molar-refractivity contribution in [2.24, 2.45) is 5.92 Å². The highest BCUT2D eigenvalue weighted by atomic mass is 16.3. The number of carbonyl (C=O) groups excluding carboxylic acids is 10. The van der Waals surface area contributed by atoms with Crippen LogP contribution in [0.2, 0.25) is 0 Å². The second kappa shape index (κ2) is 29.4. The molecule has 1 aromatic heterocycles. The molecule has 0 bridgehead atoms. The lowest BCUT2D eigenvalue weighted by molar-refractivity contribution is -0.138. The van der Waals surface area contributed by atoms with E-state index in [1.165, 1.54) is 52.8 Å². The SMILES string of the molecule is CCCCCCCCC(NC(=O)C1CCCN1C(=O)c1ccc2ocnc2c1)C(=O)NCC(=O)NC(C)(C)C(=O)NCC(=O)NC(CC(C)C)C(=O)NC(C)(C)C(=O)NC(C)(C)C(=O)NCCC(=O)NCCN(C)C. The zero-order valence-electron chi connectivity index (χ0n) is 46.0. The molecule has 23 heteroatoms. The van der Waals surface area contributed by atoms with E-state index in [2.05, 4.69) is 59.8 Å². The van der Waals surface area contributed by atoms with Gasteiger partial charge in [0, 0.05) is 38.2 Å². The van der Waals surface area contributed by atoms with Crippen LogP contribution in [0.15, 0.2) is 29.0 Å². The highest BCUT2D eigenvalue weighted by Gasteiger charge is 2.40. The molecule has 0 radical (unpaired) electrons. The number of benzene rings is 1. The van der Waals surface area contributed by atoms with Crippen LogP contribution in [0.3, 0.4) is 0 Å².